The Kier molecular flexibility index (Phi) is 5.55. The molecule has 0 saturated heterocycles. The number of hydrogen-bond acceptors (Lipinski definition) is 3. The molecule has 1 aromatic heterocycles. The van der Waals surface area contributed by atoms with Gasteiger partial charge in [-0.1, -0.05) is 32.9 Å². The molecule has 4 rings (SSSR count). The molecule has 164 valence electrons. The Hall–Kier alpha value is -3.54. The summed E-state index contributed by atoms with van der Waals surface area (Å²) in [5, 5.41) is 2.81. The third kappa shape index (κ3) is 4.13. The molecule has 1 aliphatic rings. The topological polar surface area (TPSA) is 68.2 Å². The number of carbonyl (C=O) groups is 2. The molecule has 1 N–H and O–H groups in total. The molecule has 0 saturated carbocycles. The molecule has 0 fully saturated rings. The van der Waals surface area contributed by atoms with Gasteiger partial charge in [0, 0.05) is 29.6 Å². The molecular formula is C26H25FN2O3. The number of nitrogens with one attached hydrogen (secondary N) is 1. The Bertz CT molecular complexity index is 1260. The predicted molar refractivity (Wildman–Crippen MR) is 122 cm³/mol. The molecule has 1 amide bonds. The number of fused-ring (bicyclic) bond motifs is 1. The monoisotopic (exact) mass is 432 g/mol. The van der Waals surface area contributed by atoms with E-state index in [1.165, 1.54) is 35.0 Å². The van der Waals surface area contributed by atoms with Gasteiger partial charge in [0.2, 0.25) is 0 Å². The molecule has 0 unspecified atom stereocenters. The van der Waals surface area contributed by atoms with Crippen molar-refractivity contribution in [3.63, 3.8) is 0 Å². The highest BCUT2D eigenvalue weighted by Gasteiger charge is 2.36. The van der Waals surface area contributed by atoms with E-state index in [0.29, 0.717) is 35.3 Å². The van der Waals surface area contributed by atoms with Gasteiger partial charge in [0.1, 0.15) is 11.4 Å². The van der Waals surface area contributed by atoms with Gasteiger partial charge in [0.25, 0.3) is 11.5 Å². The van der Waals surface area contributed by atoms with E-state index in [2.05, 4.69) is 5.32 Å². The molecular weight excluding hydrogens is 407 g/mol. The molecule has 1 aliphatic carbocycles. The molecule has 0 spiro atoms. The molecule has 0 atom stereocenters. The van der Waals surface area contributed by atoms with Crippen molar-refractivity contribution < 1.29 is 14.0 Å². The summed E-state index contributed by atoms with van der Waals surface area (Å²) in [5.74, 6) is -1.11. The number of benzene rings is 2. The Labute approximate surface area is 185 Å². The quantitative estimate of drug-likeness (QED) is 0.635. The summed E-state index contributed by atoms with van der Waals surface area (Å²) in [4.78, 5) is 39.7. The van der Waals surface area contributed by atoms with Crippen LogP contribution in [0.3, 0.4) is 0 Å². The minimum atomic E-state index is -0.558. The van der Waals surface area contributed by atoms with Gasteiger partial charge in [-0.25, -0.2) is 4.39 Å². The van der Waals surface area contributed by atoms with E-state index in [1.54, 1.807) is 12.1 Å². The average molecular weight is 432 g/mol. The van der Waals surface area contributed by atoms with Crippen LogP contribution in [-0.2, 0) is 12.8 Å². The van der Waals surface area contributed by atoms with E-state index >= 15 is 0 Å². The lowest BCUT2D eigenvalue weighted by atomic mass is 9.73. The number of pyridine rings is 1. The Balaban J connectivity index is 1.86. The van der Waals surface area contributed by atoms with Crippen LogP contribution < -0.4 is 10.9 Å². The van der Waals surface area contributed by atoms with Gasteiger partial charge < -0.3 is 5.32 Å². The highest BCUT2D eigenvalue weighted by atomic mass is 19.1. The van der Waals surface area contributed by atoms with Crippen molar-refractivity contribution >= 4 is 17.4 Å². The minimum Gasteiger partial charge on any atom is -0.322 e. The number of rotatable bonds is 4. The molecule has 0 bridgehead atoms. The Morgan fingerprint density at radius 3 is 2.31 bits per heavy atom. The number of amides is 1. The lowest BCUT2D eigenvalue weighted by Gasteiger charge is -2.31. The number of Topliss-reactive ketones (excluding diaryl/α,β-unsaturated/α-hetero) is 1. The van der Waals surface area contributed by atoms with Gasteiger partial charge in [-0.05, 0) is 65.8 Å². The predicted octanol–water partition coefficient (Wildman–Crippen LogP) is 4.95. The van der Waals surface area contributed by atoms with Crippen LogP contribution in [0.15, 0.2) is 59.5 Å². The zero-order chi connectivity index (χ0) is 23.0. The van der Waals surface area contributed by atoms with E-state index in [4.69, 9.17) is 0 Å². The zero-order valence-electron chi connectivity index (χ0n) is 18.4. The van der Waals surface area contributed by atoms with Gasteiger partial charge in [-0.3, -0.25) is 19.0 Å². The summed E-state index contributed by atoms with van der Waals surface area (Å²) in [7, 11) is 0. The number of hydrogen-bond donors (Lipinski definition) is 1. The van der Waals surface area contributed by atoms with Gasteiger partial charge in [0.05, 0.1) is 0 Å². The second-order valence-corrected chi connectivity index (χ2v) is 8.99. The maximum Gasteiger partial charge on any atom is 0.268 e. The largest absolute Gasteiger partial charge is 0.322 e. The second kappa shape index (κ2) is 8.19. The highest BCUT2D eigenvalue weighted by molar-refractivity contribution is 6.08. The summed E-state index contributed by atoms with van der Waals surface area (Å²) in [5.41, 5.74) is 1.97. The zero-order valence-corrected chi connectivity index (χ0v) is 18.4. The van der Waals surface area contributed by atoms with Crippen LogP contribution in [0.2, 0.25) is 0 Å². The molecule has 32 heavy (non-hydrogen) atoms. The molecule has 5 nitrogen and oxygen atoms in total. The number of ketones is 1. The fraction of sp³-hybridized carbons (Fsp3) is 0.269. The fourth-order valence-electron chi connectivity index (χ4n) is 4.19. The van der Waals surface area contributed by atoms with Crippen LogP contribution in [0.4, 0.5) is 10.1 Å². The first-order valence-electron chi connectivity index (χ1n) is 10.7. The van der Waals surface area contributed by atoms with Crippen LogP contribution in [0.25, 0.3) is 5.69 Å². The molecule has 2 aromatic carbocycles. The van der Waals surface area contributed by atoms with Gasteiger partial charge in [0.15, 0.2) is 5.78 Å². The summed E-state index contributed by atoms with van der Waals surface area (Å²) < 4.78 is 14.7. The third-order valence-electron chi connectivity index (χ3n) is 5.86. The fourth-order valence-corrected chi connectivity index (χ4v) is 4.19. The Morgan fingerprint density at radius 1 is 1.03 bits per heavy atom. The maximum atomic E-state index is 13.5. The normalized spacial score (nSPS) is 14.7. The number of anilines is 1. The number of carbonyl (C=O) groups excluding carboxylic acids is 2. The number of aryl methyl sites for hydroxylation is 1. The molecule has 6 heteroatoms. The minimum absolute atomic E-state index is 0.0486. The van der Waals surface area contributed by atoms with E-state index in [9.17, 15) is 18.8 Å². The van der Waals surface area contributed by atoms with E-state index < -0.39 is 17.3 Å². The van der Waals surface area contributed by atoms with Crippen molar-refractivity contribution in [3.05, 3.63) is 93.2 Å². The summed E-state index contributed by atoms with van der Waals surface area (Å²) in [6.45, 7) is 5.94. The third-order valence-corrected chi connectivity index (χ3v) is 5.86. The molecule has 3 aromatic rings. The van der Waals surface area contributed by atoms with Gasteiger partial charge >= 0.3 is 0 Å². The first-order chi connectivity index (χ1) is 15.2. The summed E-state index contributed by atoms with van der Waals surface area (Å²) >= 11 is 0. The van der Waals surface area contributed by atoms with Crippen molar-refractivity contribution in [3.8, 4) is 5.69 Å². The van der Waals surface area contributed by atoms with Crippen molar-refractivity contribution in [1.29, 1.82) is 0 Å². The van der Waals surface area contributed by atoms with Crippen molar-refractivity contribution in [2.75, 3.05) is 5.32 Å². The Morgan fingerprint density at radius 2 is 1.69 bits per heavy atom. The van der Waals surface area contributed by atoms with Crippen LogP contribution in [0, 0.1) is 11.2 Å². The standard InChI is InChI=1S/C26H25FN2O3/c1-4-16-5-9-18(10-6-16)28-24(31)23-20-13-26(2,3)14-22(30)21(20)15-29(25(23)32)19-11-7-17(27)8-12-19/h5-12,15H,4,13-14H2,1-3H3,(H,28,31). The lowest BCUT2D eigenvalue weighted by molar-refractivity contribution is 0.0910. The second-order valence-electron chi connectivity index (χ2n) is 8.99. The first kappa shape index (κ1) is 21.7. The van der Waals surface area contributed by atoms with Gasteiger partial charge in [-0.2, -0.15) is 0 Å². The smallest absolute Gasteiger partial charge is 0.268 e. The molecule has 1 heterocycles. The van der Waals surface area contributed by atoms with Crippen LogP contribution in [0.5, 0.6) is 0 Å². The van der Waals surface area contributed by atoms with E-state index in [1.807, 2.05) is 32.9 Å². The van der Waals surface area contributed by atoms with Crippen LogP contribution in [-0.4, -0.2) is 16.3 Å². The number of halogens is 1. The van der Waals surface area contributed by atoms with E-state index in [0.717, 1.165) is 12.0 Å². The molecule has 0 aliphatic heterocycles. The van der Waals surface area contributed by atoms with Crippen molar-refractivity contribution in [2.45, 2.75) is 40.0 Å². The highest BCUT2D eigenvalue weighted by Crippen LogP contribution is 2.36. The van der Waals surface area contributed by atoms with E-state index in [-0.39, 0.29) is 16.8 Å². The van der Waals surface area contributed by atoms with Crippen molar-refractivity contribution in [2.24, 2.45) is 5.41 Å². The van der Waals surface area contributed by atoms with Gasteiger partial charge in [-0.15, -0.1) is 0 Å². The SMILES string of the molecule is CCc1ccc(NC(=O)c2c3c(cn(-c4ccc(F)cc4)c2=O)C(=O)CC(C)(C)C3)cc1. The number of nitrogens with zero attached hydrogens (tertiary/aromatic N) is 1. The molecule has 0 radical (unpaired) electrons. The summed E-state index contributed by atoms with van der Waals surface area (Å²) in [6.07, 6.45) is 3.11. The summed E-state index contributed by atoms with van der Waals surface area (Å²) in [6, 6.07) is 12.8. The van der Waals surface area contributed by atoms with Crippen molar-refractivity contribution in [1.82, 2.24) is 4.57 Å². The first-order valence-corrected chi connectivity index (χ1v) is 10.7. The van der Waals surface area contributed by atoms with Crippen LogP contribution in [0.1, 0.15) is 59.0 Å². The average Bonchev–Trinajstić information content (AvgIpc) is 2.74. The maximum absolute atomic E-state index is 13.5. The number of aromatic nitrogens is 1. The lowest BCUT2D eigenvalue weighted by Crippen LogP contribution is -2.37. The van der Waals surface area contributed by atoms with Crippen LogP contribution >= 0.6 is 0 Å².